The maximum atomic E-state index is 12.4. The summed E-state index contributed by atoms with van der Waals surface area (Å²) in [6, 6.07) is 10.5. The van der Waals surface area contributed by atoms with E-state index in [0.717, 1.165) is 36.5 Å². The minimum absolute atomic E-state index is 0.0168. The molecule has 146 valence electrons. The van der Waals surface area contributed by atoms with Gasteiger partial charge in [0.25, 0.3) is 5.91 Å². The second-order valence-electron chi connectivity index (χ2n) is 7.52. The van der Waals surface area contributed by atoms with E-state index in [-0.39, 0.29) is 18.1 Å². The summed E-state index contributed by atoms with van der Waals surface area (Å²) in [5.74, 6) is 0.0168. The van der Waals surface area contributed by atoms with Crippen LogP contribution in [0.2, 0.25) is 0 Å². The fraction of sp³-hybridized carbons (Fsp3) is 0.500. The van der Waals surface area contributed by atoms with Gasteiger partial charge in [-0.25, -0.2) is 0 Å². The highest BCUT2D eigenvalue weighted by Gasteiger charge is 2.21. The number of morpholine rings is 1. The molecule has 1 aromatic carbocycles. The molecule has 1 saturated heterocycles. The lowest BCUT2D eigenvalue weighted by atomic mass is 10.1. The van der Waals surface area contributed by atoms with Crippen molar-refractivity contribution in [3.8, 4) is 0 Å². The average Bonchev–Trinajstić information content (AvgIpc) is 3.01. The summed E-state index contributed by atoms with van der Waals surface area (Å²) in [5, 5.41) is 3.04. The largest absolute Gasteiger partial charge is 0.373 e. The second-order valence-corrected chi connectivity index (χ2v) is 8.66. The summed E-state index contributed by atoms with van der Waals surface area (Å²) in [6.45, 7) is 11.9. The zero-order valence-electron chi connectivity index (χ0n) is 16.7. The third-order valence-corrected chi connectivity index (χ3v) is 6.32. The highest BCUT2D eigenvalue weighted by atomic mass is 32.1. The summed E-state index contributed by atoms with van der Waals surface area (Å²) >= 11 is 1.60. The number of nitrogens with zero attached hydrogens (tertiary/aromatic N) is 1. The number of aryl methyl sites for hydroxylation is 2. The molecule has 27 heavy (non-hydrogen) atoms. The molecule has 3 rings (SSSR count). The predicted molar refractivity (Wildman–Crippen MR) is 111 cm³/mol. The van der Waals surface area contributed by atoms with Crippen molar-refractivity contribution in [2.24, 2.45) is 0 Å². The van der Waals surface area contributed by atoms with Gasteiger partial charge < -0.3 is 10.1 Å². The van der Waals surface area contributed by atoms with Crippen LogP contribution in [0, 0.1) is 6.92 Å². The number of hydrogen-bond acceptors (Lipinski definition) is 4. The van der Waals surface area contributed by atoms with Crippen LogP contribution in [0.1, 0.15) is 52.0 Å². The number of amides is 1. The van der Waals surface area contributed by atoms with Crippen LogP contribution in [0.5, 0.6) is 0 Å². The second kappa shape index (κ2) is 9.00. The van der Waals surface area contributed by atoms with Crippen LogP contribution in [0.25, 0.3) is 0 Å². The van der Waals surface area contributed by atoms with Crippen molar-refractivity contribution in [2.45, 2.75) is 59.4 Å². The quantitative estimate of drug-likeness (QED) is 0.811. The zero-order chi connectivity index (χ0) is 19.4. The van der Waals surface area contributed by atoms with Crippen LogP contribution >= 0.6 is 11.3 Å². The van der Waals surface area contributed by atoms with Gasteiger partial charge in [-0.05, 0) is 49.9 Å². The van der Waals surface area contributed by atoms with E-state index in [1.807, 2.05) is 6.07 Å². The van der Waals surface area contributed by atoms with E-state index >= 15 is 0 Å². The Bertz CT molecular complexity index is 759. The lowest BCUT2D eigenvalue weighted by Crippen LogP contribution is -2.44. The summed E-state index contributed by atoms with van der Waals surface area (Å²) in [6.07, 6.45) is 1.56. The van der Waals surface area contributed by atoms with Gasteiger partial charge in [0.1, 0.15) is 0 Å². The molecule has 2 unspecified atom stereocenters. The van der Waals surface area contributed by atoms with Crippen molar-refractivity contribution in [1.82, 2.24) is 10.2 Å². The molecule has 1 N–H and O–H groups in total. The predicted octanol–water partition coefficient (Wildman–Crippen LogP) is 4.16. The molecular formula is C22H30N2O2S. The average molecular weight is 387 g/mol. The van der Waals surface area contributed by atoms with Gasteiger partial charge in [0.05, 0.1) is 17.1 Å². The highest BCUT2D eigenvalue weighted by molar-refractivity contribution is 7.14. The lowest BCUT2D eigenvalue weighted by Gasteiger charge is -2.35. The van der Waals surface area contributed by atoms with E-state index in [1.54, 1.807) is 11.3 Å². The topological polar surface area (TPSA) is 41.6 Å². The van der Waals surface area contributed by atoms with E-state index in [4.69, 9.17) is 4.74 Å². The summed E-state index contributed by atoms with van der Waals surface area (Å²) < 4.78 is 5.80. The van der Waals surface area contributed by atoms with E-state index < -0.39 is 0 Å². The monoisotopic (exact) mass is 386 g/mol. The first-order valence-corrected chi connectivity index (χ1v) is 10.6. The fourth-order valence-corrected chi connectivity index (χ4v) is 4.72. The van der Waals surface area contributed by atoms with Crippen LogP contribution in [0.3, 0.4) is 0 Å². The first-order valence-electron chi connectivity index (χ1n) is 9.77. The normalized spacial score (nSPS) is 20.6. The highest BCUT2D eigenvalue weighted by Crippen LogP contribution is 2.22. The molecule has 1 amide bonds. The van der Waals surface area contributed by atoms with Crippen LogP contribution in [-0.2, 0) is 24.2 Å². The standard InChI is InChI=1S/C22H30N2O2S/c1-5-20-15(2)10-21(27-20)22(25)23-11-18-6-8-19(9-7-18)14-24-12-16(3)26-17(4)13-24/h6-10,16-17H,5,11-14H2,1-4H3,(H,23,25). The molecule has 4 nitrogen and oxygen atoms in total. The number of benzene rings is 1. The fourth-order valence-electron chi connectivity index (χ4n) is 3.69. The van der Waals surface area contributed by atoms with Gasteiger partial charge in [-0.15, -0.1) is 11.3 Å². The number of rotatable bonds is 6. The van der Waals surface area contributed by atoms with Crippen molar-refractivity contribution in [3.05, 3.63) is 56.8 Å². The van der Waals surface area contributed by atoms with Crippen molar-refractivity contribution < 1.29 is 9.53 Å². The molecule has 1 fully saturated rings. The van der Waals surface area contributed by atoms with Crippen molar-refractivity contribution in [1.29, 1.82) is 0 Å². The first kappa shape index (κ1) is 20.1. The van der Waals surface area contributed by atoms with Gasteiger partial charge in [0.2, 0.25) is 0 Å². The van der Waals surface area contributed by atoms with Crippen molar-refractivity contribution in [3.63, 3.8) is 0 Å². The molecule has 1 aliphatic rings. The Morgan fingerprint density at radius 3 is 2.41 bits per heavy atom. The smallest absolute Gasteiger partial charge is 0.261 e. The molecule has 0 saturated carbocycles. The molecule has 5 heteroatoms. The molecule has 2 aromatic rings. The number of thiophene rings is 1. The summed E-state index contributed by atoms with van der Waals surface area (Å²) in [7, 11) is 0. The van der Waals surface area contributed by atoms with Gasteiger partial charge in [0.15, 0.2) is 0 Å². The molecule has 0 spiro atoms. The minimum Gasteiger partial charge on any atom is -0.373 e. The molecule has 2 heterocycles. The van der Waals surface area contributed by atoms with Gasteiger partial charge in [0, 0.05) is 31.1 Å². The molecule has 0 bridgehead atoms. The molecule has 0 aliphatic carbocycles. The number of carbonyl (C=O) groups excluding carboxylic acids is 1. The van der Waals surface area contributed by atoms with E-state index in [0.29, 0.717) is 6.54 Å². The summed E-state index contributed by atoms with van der Waals surface area (Å²) in [4.78, 5) is 16.9. The Hall–Kier alpha value is -1.69. The molecule has 1 aliphatic heterocycles. The SMILES string of the molecule is CCc1sc(C(=O)NCc2ccc(CN3CC(C)OC(C)C3)cc2)cc1C. The molecule has 0 radical (unpaired) electrons. The minimum atomic E-state index is 0.0168. The van der Waals surface area contributed by atoms with Crippen LogP contribution in [-0.4, -0.2) is 36.1 Å². The molecule has 1 aromatic heterocycles. The number of hydrogen-bond donors (Lipinski definition) is 1. The first-order chi connectivity index (χ1) is 12.9. The van der Waals surface area contributed by atoms with Crippen LogP contribution in [0.4, 0.5) is 0 Å². The van der Waals surface area contributed by atoms with Gasteiger partial charge in [-0.2, -0.15) is 0 Å². The lowest BCUT2D eigenvalue weighted by molar-refractivity contribution is -0.0704. The maximum Gasteiger partial charge on any atom is 0.261 e. The van der Waals surface area contributed by atoms with Crippen molar-refractivity contribution in [2.75, 3.05) is 13.1 Å². The Morgan fingerprint density at radius 1 is 1.19 bits per heavy atom. The van der Waals surface area contributed by atoms with E-state index in [2.05, 4.69) is 62.2 Å². The zero-order valence-corrected chi connectivity index (χ0v) is 17.6. The number of nitrogens with one attached hydrogen (secondary N) is 1. The number of carbonyl (C=O) groups is 1. The van der Waals surface area contributed by atoms with Crippen LogP contribution < -0.4 is 5.32 Å². The number of ether oxygens (including phenoxy) is 1. The Morgan fingerprint density at radius 2 is 1.81 bits per heavy atom. The van der Waals surface area contributed by atoms with E-state index in [9.17, 15) is 4.79 Å². The van der Waals surface area contributed by atoms with Gasteiger partial charge in [-0.3, -0.25) is 9.69 Å². The third-order valence-electron chi connectivity index (χ3n) is 4.94. The molecular weight excluding hydrogens is 356 g/mol. The summed E-state index contributed by atoms with van der Waals surface area (Å²) in [5.41, 5.74) is 3.64. The maximum absolute atomic E-state index is 12.4. The van der Waals surface area contributed by atoms with Gasteiger partial charge >= 0.3 is 0 Å². The van der Waals surface area contributed by atoms with Crippen molar-refractivity contribution >= 4 is 17.2 Å². The van der Waals surface area contributed by atoms with Crippen LogP contribution in [0.15, 0.2) is 30.3 Å². The Labute approximate surface area is 166 Å². The van der Waals surface area contributed by atoms with E-state index in [1.165, 1.54) is 16.0 Å². The Balaban J connectivity index is 1.52. The Kier molecular flexibility index (Phi) is 6.68. The third kappa shape index (κ3) is 5.41. The van der Waals surface area contributed by atoms with Gasteiger partial charge in [-0.1, -0.05) is 31.2 Å². The molecule has 2 atom stereocenters.